The van der Waals surface area contributed by atoms with E-state index in [0.29, 0.717) is 16.8 Å². The molecule has 1 aliphatic heterocycles. The van der Waals surface area contributed by atoms with Crippen molar-refractivity contribution in [1.82, 2.24) is 9.80 Å². The van der Waals surface area contributed by atoms with E-state index in [1.54, 1.807) is 38.4 Å². The van der Waals surface area contributed by atoms with Crippen LogP contribution in [-0.4, -0.2) is 61.3 Å². The molecule has 158 valence electrons. The second-order valence-corrected chi connectivity index (χ2v) is 7.95. The average Bonchev–Trinajstić information content (AvgIpc) is 2.77. The van der Waals surface area contributed by atoms with Gasteiger partial charge in [-0.1, -0.05) is 23.8 Å². The molecule has 6 heteroatoms. The third-order valence-electron chi connectivity index (χ3n) is 5.36. The van der Waals surface area contributed by atoms with Crippen molar-refractivity contribution in [2.75, 3.05) is 38.6 Å². The van der Waals surface area contributed by atoms with Crippen molar-refractivity contribution in [1.29, 1.82) is 0 Å². The molecule has 1 fully saturated rings. The maximum atomic E-state index is 13.4. The molecule has 2 aromatic rings. The Kier molecular flexibility index (Phi) is 6.87. The number of nitrogens with zero attached hydrogens (tertiary/aromatic N) is 3. The Hall–Kier alpha value is -3.15. The van der Waals surface area contributed by atoms with E-state index < -0.39 is 0 Å². The van der Waals surface area contributed by atoms with Gasteiger partial charge in [0.25, 0.3) is 11.8 Å². The van der Waals surface area contributed by atoms with Crippen LogP contribution in [0.3, 0.4) is 0 Å². The number of hydrogen-bond donors (Lipinski definition) is 0. The summed E-state index contributed by atoms with van der Waals surface area (Å²) >= 11 is 0. The van der Waals surface area contributed by atoms with E-state index in [4.69, 9.17) is 0 Å². The maximum Gasteiger partial charge on any atom is 0.258 e. The Balaban J connectivity index is 1.90. The third-order valence-corrected chi connectivity index (χ3v) is 5.36. The molecule has 0 atom stereocenters. The average molecular weight is 408 g/mol. The van der Waals surface area contributed by atoms with Crippen LogP contribution < -0.4 is 4.90 Å². The zero-order chi connectivity index (χ0) is 21.7. The molecule has 2 aromatic carbocycles. The summed E-state index contributed by atoms with van der Waals surface area (Å²) in [6.07, 6.45) is 3.13. The van der Waals surface area contributed by atoms with Crippen LogP contribution >= 0.6 is 0 Å². The molecule has 0 bridgehead atoms. The fourth-order valence-corrected chi connectivity index (χ4v) is 3.58. The zero-order valence-corrected chi connectivity index (χ0v) is 17.9. The Morgan fingerprint density at radius 1 is 0.867 bits per heavy atom. The van der Waals surface area contributed by atoms with Gasteiger partial charge in [0.2, 0.25) is 5.91 Å². The highest BCUT2D eigenvalue weighted by molar-refractivity contribution is 6.09. The number of carbonyl (C=O) groups is 3. The van der Waals surface area contributed by atoms with Crippen molar-refractivity contribution >= 4 is 23.4 Å². The summed E-state index contributed by atoms with van der Waals surface area (Å²) in [7, 11) is 3.35. The highest BCUT2D eigenvalue weighted by atomic mass is 16.2. The van der Waals surface area contributed by atoms with Crippen LogP contribution in [0.25, 0.3) is 0 Å². The lowest BCUT2D eigenvalue weighted by Crippen LogP contribution is -2.45. The first-order valence-corrected chi connectivity index (χ1v) is 10.3. The minimum atomic E-state index is -0.294. The highest BCUT2D eigenvalue weighted by Crippen LogP contribution is 2.20. The van der Waals surface area contributed by atoms with Crippen LogP contribution in [0.5, 0.6) is 0 Å². The molecule has 30 heavy (non-hydrogen) atoms. The molecule has 3 rings (SSSR count). The van der Waals surface area contributed by atoms with E-state index >= 15 is 0 Å². The second kappa shape index (κ2) is 9.57. The van der Waals surface area contributed by atoms with Gasteiger partial charge in [-0.15, -0.1) is 0 Å². The summed E-state index contributed by atoms with van der Waals surface area (Å²) in [6.45, 7) is 3.43. The summed E-state index contributed by atoms with van der Waals surface area (Å²) in [5, 5.41) is 0. The number of likely N-dealkylation sites (tertiary alicyclic amines) is 1. The van der Waals surface area contributed by atoms with Gasteiger partial charge in [0.15, 0.2) is 0 Å². The number of aryl methyl sites for hydroxylation is 1. The number of anilines is 1. The maximum absolute atomic E-state index is 13.4. The Morgan fingerprint density at radius 2 is 1.47 bits per heavy atom. The normalized spacial score (nSPS) is 13.6. The first-order chi connectivity index (χ1) is 14.4. The summed E-state index contributed by atoms with van der Waals surface area (Å²) in [5.74, 6) is -0.516. The van der Waals surface area contributed by atoms with Gasteiger partial charge in [-0.05, 0) is 56.5 Å². The number of rotatable bonds is 5. The van der Waals surface area contributed by atoms with Gasteiger partial charge < -0.3 is 9.80 Å². The van der Waals surface area contributed by atoms with E-state index in [1.165, 1.54) is 9.80 Å². The standard InChI is InChI=1S/C24H29N3O3/c1-18-10-12-21(13-11-18)27(17-22(28)26-14-5-4-6-15-26)24(30)20-9-7-8-19(16-20)23(29)25(2)3/h7-13,16H,4-6,14-15,17H2,1-3H3. The molecule has 1 saturated heterocycles. The molecule has 1 aliphatic rings. The monoisotopic (exact) mass is 407 g/mol. The predicted octanol–water partition coefficient (Wildman–Crippen LogP) is 3.36. The molecular formula is C24H29N3O3. The highest BCUT2D eigenvalue weighted by Gasteiger charge is 2.25. The minimum Gasteiger partial charge on any atom is -0.345 e. The van der Waals surface area contributed by atoms with Crippen molar-refractivity contribution in [3.05, 3.63) is 65.2 Å². The van der Waals surface area contributed by atoms with Crippen LogP contribution in [0.1, 0.15) is 45.5 Å². The van der Waals surface area contributed by atoms with Gasteiger partial charge >= 0.3 is 0 Å². The summed E-state index contributed by atoms with van der Waals surface area (Å²) in [5.41, 5.74) is 2.57. The molecule has 6 nitrogen and oxygen atoms in total. The number of amides is 3. The zero-order valence-electron chi connectivity index (χ0n) is 17.9. The fourth-order valence-electron chi connectivity index (χ4n) is 3.58. The van der Waals surface area contributed by atoms with Crippen molar-refractivity contribution in [3.8, 4) is 0 Å². The summed E-state index contributed by atoms with van der Waals surface area (Å²) in [4.78, 5) is 43.5. The van der Waals surface area contributed by atoms with E-state index in [9.17, 15) is 14.4 Å². The topological polar surface area (TPSA) is 60.9 Å². The molecule has 0 N–H and O–H groups in total. The van der Waals surface area contributed by atoms with Gasteiger partial charge in [0, 0.05) is 44.0 Å². The molecule has 0 aromatic heterocycles. The van der Waals surface area contributed by atoms with Gasteiger partial charge in [-0.25, -0.2) is 0 Å². The molecule has 1 heterocycles. The van der Waals surface area contributed by atoms with Crippen molar-refractivity contribution in [2.24, 2.45) is 0 Å². The SMILES string of the molecule is Cc1ccc(N(CC(=O)N2CCCCC2)C(=O)c2cccc(C(=O)N(C)C)c2)cc1. The molecule has 0 aliphatic carbocycles. The van der Waals surface area contributed by atoms with Crippen molar-refractivity contribution in [2.45, 2.75) is 26.2 Å². The molecule has 0 spiro atoms. The molecule has 0 unspecified atom stereocenters. The van der Waals surface area contributed by atoms with Crippen LogP contribution in [0.2, 0.25) is 0 Å². The van der Waals surface area contributed by atoms with Crippen molar-refractivity contribution in [3.63, 3.8) is 0 Å². The third kappa shape index (κ3) is 5.06. The summed E-state index contributed by atoms with van der Waals surface area (Å²) in [6, 6.07) is 14.2. The Labute approximate surface area is 178 Å². The van der Waals surface area contributed by atoms with Crippen molar-refractivity contribution < 1.29 is 14.4 Å². The van der Waals surface area contributed by atoms with Crippen LogP contribution in [0, 0.1) is 6.92 Å². The second-order valence-electron chi connectivity index (χ2n) is 7.95. The first-order valence-electron chi connectivity index (χ1n) is 10.3. The lowest BCUT2D eigenvalue weighted by Gasteiger charge is -2.30. The molecule has 3 amide bonds. The Bertz CT molecular complexity index is 916. The minimum absolute atomic E-state index is 0.0201. The van der Waals surface area contributed by atoms with E-state index in [0.717, 1.165) is 37.9 Å². The first kappa shape index (κ1) is 21.6. The van der Waals surface area contributed by atoms with E-state index in [2.05, 4.69) is 0 Å². The Morgan fingerprint density at radius 3 is 2.07 bits per heavy atom. The molecule has 0 radical (unpaired) electrons. The molecule has 0 saturated carbocycles. The van der Waals surface area contributed by atoms with Gasteiger partial charge in [-0.3, -0.25) is 19.3 Å². The number of hydrogen-bond acceptors (Lipinski definition) is 3. The predicted molar refractivity (Wildman–Crippen MR) is 118 cm³/mol. The van der Waals surface area contributed by atoms with Crippen LogP contribution in [0.4, 0.5) is 5.69 Å². The number of carbonyl (C=O) groups excluding carboxylic acids is 3. The van der Waals surface area contributed by atoms with E-state index in [1.807, 2.05) is 36.1 Å². The quantitative estimate of drug-likeness (QED) is 0.764. The van der Waals surface area contributed by atoms with Crippen LogP contribution in [-0.2, 0) is 4.79 Å². The van der Waals surface area contributed by atoms with Crippen LogP contribution in [0.15, 0.2) is 48.5 Å². The van der Waals surface area contributed by atoms with E-state index in [-0.39, 0.29) is 24.3 Å². The fraction of sp³-hybridized carbons (Fsp3) is 0.375. The molecular weight excluding hydrogens is 378 g/mol. The number of piperidine rings is 1. The largest absolute Gasteiger partial charge is 0.345 e. The van der Waals surface area contributed by atoms with Gasteiger partial charge in [0.1, 0.15) is 6.54 Å². The number of benzene rings is 2. The lowest BCUT2D eigenvalue weighted by molar-refractivity contribution is -0.130. The van der Waals surface area contributed by atoms with Gasteiger partial charge in [0.05, 0.1) is 0 Å². The van der Waals surface area contributed by atoms with Gasteiger partial charge in [-0.2, -0.15) is 0 Å². The smallest absolute Gasteiger partial charge is 0.258 e. The summed E-state index contributed by atoms with van der Waals surface area (Å²) < 4.78 is 0. The lowest BCUT2D eigenvalue weighted by atomic mass is 10.1.